The molecule has 92 valence electrons. The third-order valence-electron chi connectivity index (χ3n) is 2.58. The third kappa shape index (κ3) is 3.89. The van der Waals surface area contributed by atoms with Crippen molar-refractivity contribution in [2.75, 3.05) is 13.6 Å². The van der Waals surface area contributed by atoms with Gasteiger partial charge in [0.1, 0.15) is 0 Å². The van der Waals surface area contributed by atoms with Gasteiger partial charge in [-0.2, -0.15) is 11.3 Å². The molecule has 16 heavy (non-hydrogen) atoms. The number of likely N-dealkylation sites (N-methyl/N-ethyl adjacent to an activating group) is 1. The van der Waals surface area contributed by atoms with Crippen LogP contribution in [0, 0.1) is 5.41 Å². The molecule has 0 aliphatic heterocycles. The molecule has 2 nitrogen and oxygen atoms in total. The van der Waals surface area contributed by atoms with Crippen molar-refractivity contribution in [1.29, 1.82) is 0 Å². The van der Waals surface area contributed by atoms with E-state index in [1.54, 1.807) is 11.3 Å². The van der Waals surface area contributed by atoms with Gasteiger partial charge in [0.25, 0.3) is 0 Å². The predicted molar refractivity (Wildman–Crippen MR) is 72.8 cm³/mol. The molecular formula is C13H24N2S. The first-order valence-corrected chi connectivity index (χ1v) is 6.73. The molecular weight excluding hydrogens is 216 g/mol. The number of nitrogens with zero attached hydrogens (tertiary/aromatic N) is 1. The van der Waals surface area contributed by atoms with Crippen molar-refractivity contribution in [3.63, 3.8) is 0 Å². The molecule has 0 radical (unpaired) electrons. The van der Waals surface area contributed by atoms with E-state index in [0.29, 0.717) is 11.5 Å². The normalized spacial score (nSPS) is 16.4. The minimum absolute atomic E-state index is 0.155. The largest absolute Gasteiger partial charge is 0.326 e. The Morgan fingerprint density at radius 2 is 2.06 bits per heavy atom. The molecule has 0 aromatic carbocycles. The third-order valence-corrected chi connectivity index (χ3v) is 3.28. The fourth-order valence-electron chi connectivity index (χ4n) is 2.25. The van der Waals surface area contributed by atoms with Gasteiger partial charge in [0.2, 0.25) is 0 Å². The fraction of sp³-hybridized carbons (Fsp3) is 0.692. The molecule has 1 rings (SSSR count). The molecule has 0 aliphatic carbocycles. The predicted octanol–water partition coefficient (Wildman–Crippen LogP) is 3.11. The van der Waals surface area contributed by atoms with E-state index in [2.05, 4.69) is 56.5 Å². The molecule has 0 spiro atoms. The van der Waals surface area contributed by atoms with Crippen LogP contribution in [0.25, 0.3) is 0 Å². The first-order chi connectivity index (χ1) is 7.31. The van der Waals surface area contributed by atoms with Crippen molar-refractivity contribution >= 4 is 11.3 Å². The molecule has 0 saturated heterocycles. The van der Waals surface area contributed by atoms with Crippen LogP contribution in [0.1, 0.15) is 39.3 Å². The van der Waals surface area contributed by atoms with Crippen LogP contribution in [0.4, 0.5) is 0 Å². The molecule has 1 heterocycles. The van der Waals surface area contributed by atoms with Crippen LogP contribution in [0.2, 0.25) is 0 Å². The maximum absolute atomic E-state index is 6.11. The lowest BCUT2D eigenvalue weighted by Crippen LogP contribution is -2.40. The molecule has 0 aliphatic rings. The smallest absolute Gasteiger partial charge is 0.0502 e. The Hall–Kier alpha value is -0.380. The van der Waals surface area contributed by atoms with Gasteiger partial charge in [-0.25, -0.2) is 0 Å². The van der Waals surface area contributed by atoms with Gasteiger partial charge in [0.15, 0.2) is 0 Å². The molecule has 0 amide bonds. The van der Waals surface area contributed by atoms with Crippen molar-refractivity contribution in [3.05, 3.63) is 22.4 Å². The average Bonchev–Trinajstić information content (AvgIpc) is 2.52. The van der Waals surface area contributed by atoms with Crippen LogP contribution < -0.4 is 5.73 Å². The minimum Gasteiger partial charge on any atom is -0.326 e. The van der Waals surface area contributed by atoms with Crippen molar-refractivity contribution in [1.82, 2.24) is 4.90 Å². The molecule has 3 heteroatoms. The van der Waals surface area contributed by atoms with Gasteiger partial charge in [0.05, 0.1) is 6.04 Å². The molecule has 1 aromatic rings. The van der Waals surface area contributed by atoms with Crippen LogP contribution in [0.15, 0.2) is 16.8 Å². The zero-order valence-electron chi connectivity index (χ0n) is 11.0. The number of thiophene rings is 1. The van der Waals surface area contributed by atoms with Crippen LogP contribution in [0.5, 0.6) is 0 Å². The lowest BCUT2D eigenvalue weighted by Gasteiger charge is -2.35. The summed E-state index contributed by atoms with van der Waals surface area (Å²) in [5.74, 6) is 0. The standard InChI is InChI=1S/C13H24N2S/c1-10(14)12(11-6-7-16-8-11)15(5)9-13(2,3)4/h6-8,10,12H,9,14H2,1-5H3. The summed E-state index contributed by atoms with van der Waals surface area (Å²) < 4.78 is 0. The highest BCUT2D eigenvalue weighted by Crippen LogP contribution is 2.27. The maximum Gasteiger partial charge on any atom is 0.0502 e. The van der Waals surface area contributed by atoms with Crippen LogP contribution in [-0.2, 0) is 0 Å². The monoisotopic (exact) mass is 240 g/mol. The highest BCUT2D eigenvalue weighted by molar-refractivity contribution is 7.07. The van der Waals surface area contributed by atoms with E-state index in [9.17, 15) is 0 Å². The van der Waals surface area contributed by atoms with Gasteiger partial charge < -0.3 is 5.73 Å². The number of nitrogens with two attached hydrogens (primary N) is 1. The van der Waals surface area contributed by atoms with E-state index in [4.69, 9.17) is 5.73 Å². The molecule has 0 bridgehead atoms. The van der Waals surface area contributed by atoms with Gasteiger partial charge >= 0.3 is 0 Å². The highest BCUT2D eigenvalue weighted by atomic mass is 32.1. The van der Waals surface area contributed by atoms with Gasteiger partial charge in [-0.05, 0) is 41.8 Å². The fourth-order valence-corrected chi connectivity index (χ4v) is 2.94. The summed E-state index contributed by atoms with van der Waals surface area (Å²) in [6, 6.07) is 2.66. The SMILES string of the molecule is CC(N)C(c1ccsc1)N(C)CC(C)(C)C. The van der Waals surface area contributed by atoms with Crippen LogP contribution in [-0.4, -0.2) is 24.5 Å². The van der Waals surface area contributed by atoms with E-state index in [1.165, 1.54) is 5.56 Å². The second-order valence-corrected chi connectivity index (χ2v) is 6.62. The van der Waals surface area contributed by atoms with Gasteiger partial charge in [-0.15, -0.1) is 0 Å². The Kier molecular flexibility index (Phi) is 4.53. The quantitative estimate of drug-likeness (QED) is 0.876. The number of hydrogen-bond donors (Lipinski definition) is 1. The summed E-state index contributed by atoms with van der Waals surface area (Å²) in [5.41, 5.74) is 7.75. The summed E-state index contributed by atoms with van der Waals surface area (Å²) >= 11 is 1.74. The summed E-state index contributed by atoms with van der Waals surface area (Å²) in [7, 11) is 2.16. The van der Waals surface area contributed by atoms with E-state index >= 15 is 0 Å². The number of rotatable bonds is 4. The first-order valence-electron chi connectivity index (χ1n) is 5.79. The van der Waals surface area contributed by atoms with E-state index < -0.39 is 0 Å². The Bertz CT molecular complexity index is 298. The molecule has 1 aromatic heterocycles. The molecule has 0 saturated carbocycles. The Labute approximate surface area is 103 Å². The van der Waals surface area contributed by atoms with Crippen molar-refractivity contribution < 1.29 is 0 Å². The highest BCUT2D eigenvalue weighted by Gasteiger charge is 2.24. The van der Waals surface area contributed by atoms with Gasteiger partial charge in [0, 0.05) is 12.6 Å². The van der Waals surface area contributed by atoms with E-state index in [1.807, 2.05) is 0 Å². The Balaban J connectivity index is 2.79. The first kappa shape index (κ1) is 13.7. The van der Waals surface area contributed by atoms with Crippen molar-refractivity contribution in [2.45, 2.75) is 39.8 Å². The maximum atomic E-state index is 6.11. The minimum atomic E-state index is 0.155. The van der Waals surface area contributed by atoms with Gasteiger partial charge in [-0.3, -0.25) is 4.90 Å². The summed E-state index contributed by atoms with van der Waals surface area (Å²) in [6.45, 7) is 9.91. The zero-order chi connectivity index (χ0) is 12.3. The summed E-state index contributed by atoms with van der Waals surface area (Å²) in [4.78, 5) is 2.37. The van der Waals surface area contributed by atoms with Crippen LogP contribution in [0.3, 0.4) is 0 Å². The van der Waals surface area contributed by atoms with Gasteiger partial charge in [-0.1, -0.05) is 20.8 Å². The summed E-state index contributed by atoms with van der Waals surface area (Å²) in [5, 5.41) is 4.32. The molecule has 2 N–H and O–H groups in total. The van der Waals surface area contributed by atoms with E-state index in [0.717, 1.165) is 6.54 Å². The molecule has 2 atom stereocenters. The lowest BCUT2D eigenvalue weighted by atomic mass is 9.93. The van der Waals surface area contributed by atoms with Crippen LogP contribution >= 0.6 is 11.3 Å². The van der Waals surface area contributed by atoms with Crippen molar-refractivity contribution in [2.24, 2.45) is 11.1 Å². The average molecular weight is 240 g/mol. The zero-order valence-corrected chi connectivity index (χ0v) is 11.8. The summed E-state index contributed by atoms with van der Waals surface area (Å²) in [6.07, 6.45) is 0. The Morgan fingerprint density at radius 3 is 2.44 bits per heavy atom. The number of hydrogen-bond acceptors (Lipinski definition) is 3. The lowest BCUT2D eigenvalue weighted by molar-refractivity contribution is 0.157. The van der Waals surface area contributed by atoms with E-state index in [-0.39, 0.29) is 6.04 Å². The second kappa shape index (κ2) is 5.30. The molecule has 0 fully saturated rings. The topological polar surface area (TPSA) is 29.3 Å². The second-order valence-electron chi connectivity index (χ2n) is 5.84. The van der Waals surface area contributed by atoms with Crippen molar-refractivity contribution in [3.8, 4) is 0 Å². The Morgan fingerprint density at radius 1 is 1.44 bits per heavy atom. The molecule has 2 unspecified atom stereocenters.